The average Bonchev–Trinajstić information content (AvgIpc) is 2.69. The Balaban J connectivity index is 2.51. The van der Waals surface area contributed by atoms with Crippen molar-refractivity contribution in [3.05, 3.63) is 53.2 Å². The van der Waals surface area contributed by atoms with Gasteiger partial charge < -0.3 is 5.32 Å². The molecule has 0 spiro atoms. The Morgan fingerprint density at radius 1 is 1.37 bits per heavy atom. The van der Waals surface area contributed by atoms with Crippen molar-refractivity contribution in [2.45, 2.75) is 26.8 Å². The number of hydrogen-bond acceptors (Lipinski definition) is 2. The summed E-state index contributed by atoms with van der Waals surface area (Å²) in [7, 11) is 0. The zero-order valence-corrected chi connectivity index (χ0v) is 15.8. The predicted molar refractivity (Wildman–Crippen MR) is 96.2 cm³/mol. The fourth-order valence-corrected chi connectivity index (χ4v) is 4.78. The van der Waals surface area contributed by atoms with Gasteiger partial charge in [-0.1, -0.05) is 25.1 Å². The van der Waals surface area contributed by atoms with Gasteiger partial charge in [0.05, 0.1) is 6.04 Å². The number of nitrogens with one attached hydrogen (secondary N) is 1. The average molecular weight is 450 g/mol. The number of hydrogen-bond donors (Lipinski definition) is 1. The minimum Gasteiger partial charge on any atom is -0.306 e. The Morgan fingerprint density at radius 3 is 2.68 bits per heavy atom. The molecular weight excluding hydrogens is 433 g/mol. The van der Waals surface area contributed by atoms with Crippen LogP contribution in [0.25, 0.3) is 0 Å². The Bertz CT molecular complexity index is 580. The minimum atomic E-state index is 0.268. The van der Waals surface area contributed by atoms with Gasteiger partial charge in [-0.2, -0.15) is 0 Å². The van der Waals surface area contributed by atoms with Crippen molar-refractivity contribution < 1.29 is 0 Å². The molecule has 1 aromatic carbocycles. The topological polar surface area (TPSA) is 12.0 Å². The van der Waals surface area contributed by atoms with E-state index in [1.807, 2.05) is 11.3 Å². The van der Waals surface area contributed by atoms with E-state index in [9.17, 15) is 0 Å². The molecule has 0 saturated carbocycles. The first-order valence-corrected chi connectivity index (χ1v) is 8.97. The lowest BCUT2D eigenvalue weighted by atomic mass is 10.0. The summed E-state index contributed by atoms with van der Waals surface area (Å²) in [5, 5.41) is 3.61. The highest BCUT2D eigenvalue weighted by atomic mass is 127. The fourth-order valence-electron chi connectivity index (χ4n) is 2.14. The number of rotatable bonds is 4. The summed E-state index contributed by atoms with van der Waals surface area (Å²) in [6, 6.07) is 9.01. The van der Waals surface area contributed by atoms with Crippen LogP contribution in [0.2, 0.25) is 0 Å². The Hall–Kier alpha value is 0.0900. The Morgan fingerprint density at radius 2 is 2.11 bits per heavy atom. The highest BCUT2D eigenvalue weighted by molar-refractivity contribution is 14.1. The minimum absolute atomic E-state index is 0.268. The van der Waals surface area contributed by atoms with Crippen LogP contribution in [-0.4, -0.2) is 6.54 Å². The summed E-state index contributed by atoms with van der Waals surface area (Å²) >= 11 is 8.01. The van der Waals surface area contributed by atoms with E-state index in [1.165, 1.54) is 28.9 Å². The SMILES string of the molecule is CCNC(c1cccc(C)c1I)c1sc(C)cc1Br. The molecule has 0 aliphatic heterocycles. The molecular formula is C15H17BrINS. The third-order valence-electron chi connectivity index (χ3n) is 3.04. The summed E-state index contributed by atoms with van der Waals surface area (Å²) in [4.78, 5) is 2.70. The molecule has 0 aliphatic carbocycles. The van der Waals surface area contributed by atoms with Crippen LogP contribution in [0.5, 0.6) is 0 Å². The fraction of sp³-hybridized carbons (Fsp3) is 0.333. The van der Waals surface area contributed by atoms with Gasteiger partial charge >= 0.3 is 0 Å². The highest BCUT2D eigenvalue weighted by Crippen LogP contribution is 2.37. The van der Waals surface area contributed by atoms with Crippen LogP contribution in [0, 0.1) is 17.4 Å². The summed E-state index contributed by atoms with van der Waals surface area (Å²) in [5.74, 6) is 0. The molecule has 1 N–H and O–H groups in total. The van der Waals surface area contributed by atoms with Crippen LogP contribution in [0.3, 0.4) is 0 Å². The lowest BCUT2D eigenvalue weighted by Gasteiger charge is -2.20. The molecule has 102 valence electrons. The maximum Gasteiger partial charge on any atom is 0.0692 e. The predicted octanol–water partition coefficient (Wildman–Crippen LogP) is 5.43. The number of halogens is 2. The Labute approximate surface area is 141 Å². The molecule has 1 aromatic heterocycles. The summed E-state index contributed by atoms with van der Waals surface area (Å²) in [6.07, 6.45) is 0. The van der Waals surface area contributed by atoms with Gasteiger partial charge in [-0.25, -0.2) is 0 Å². The van der Waals surface area contributed by atoms with Crippen molar-refractivity contribution in [3.8, 4) is 0 Å². The molecule has 0 bridgehead atoms. The van der Waals surface area contributed by atoms with Crippen molar-refractivity contribution >= 4 is 49.9 Å². The third kappa shape index (κ3) is 3.40. The van der Waals surface area contributed by atoms with Gasteiger partial charge in [0.15, 0.2) is 0 Å². The first-order valence-electron chi connectivity index (χ1n) is 6.28. The van der Waals surface area contributed by atoms with Gasteiger partial charge in [-0.3, -0.25) is 0 Å². The summed E-state index contributed by atoms with van der Waals surface area (Å²) in [5.41, 5.74) is 2.70. The largest absolute Gasteiger partial charge is 0.306 e. The molecule has 4 heteroatoms. The van der Waals surface area contributed by atoms with Crippen molar-refractivity contribution in [1.29, 1.82) is 0 Å². The van der Waals surface area contributed by atoms with E-state index in [2.05, 4.69) is 88.9 Å². The van der Waals surface area contributed by atoms with Crippen LogP contribution in [-0.2, 0) is 0 Å². The van der Waals surface area contributed by atoms with Crippen molar-refractivity contribution in [2.24, 2.45) is 0 Å². The van der Waals surface area contributed by atoms with Crippen molar-refractivity contribution in [2.75, 3.05) is 6.54 Å². The molecule has 0 aliphatic rings. The zero-order valence-electron chi connectivity index (χ0n) is 11.3. The molecule has 1 atom stereocenters. The quantitative estimate of drug-likeness (QED) is 0.613. The standard InChI is InChI=1S/C15H17BrINS/c1-4-18-14(15-12(16)8-10(3)19-15)11-7-5-6-9(2)13(11)17/h5-8,14,18H,4H2,1-3H3. The van der Waals surface area contributed by atoms with Crippen LogP contribution < -0.4 is 5.32 Å². The van der Waals surface area contributed by atoms with E-state index in [0.29, 0.717) is 0 Å². The Kier molecular flexibility index (Phi) is 5.45. The molecule has 0 fully saturated rings. The second kappa shape index (κ2) is 6.70. The highest BCUT2D eigenvalue weighted by Gasteiger charge is 2.20. The second-order valence-electron chi connectivity index (χ2n) is 4.54. The van der Waals surface area contributed by atoms with E-state index in [1.54, 1.807) is 0 Å². The smallest absolute Gasteiger partial charge is 0.0692 e. The maximum atomic E-state index is 3.70. The van der Waals surface area contributed by atoms with Gasteiger partial charge in [-0.05, 0) is 76.1 Å². The van der Waals surface area contributed by atoms with Gasteiger partial charge in [0, 0.05) is 17.8 Å². The molecule has 0 saturated heterocycles. The first-order chi connectivity index (χ1) is 9.04. The summed E-state index contributed by atoms with van der Waals surface area (Å²) < 4.78 is 2.56. The van der Waals surface area contributed by atoms with Crippen molar-refractivity contribution in [1.82, 2.24) is 5.32 Å². The van der Waals surface area contributed by atoms with E-state index < -0.39 is 0 Å². The van der Waals surface area contributed by atoms with E-state index in [4.69, 9.17) is 0 Å². The van der Waals surface area contributed by atoms with Crippen LogP contribution in [0.4, 0.5) is 0 Å². The van der Waals surface area contributed by atoms with Gasteiger partial charge in [-0.15, -0.1) is 11.3 Å². The summed E-state index contributed by atoms with van der Waals surface area (Å²) in [6.45, 7) is 7.44. The molecule has 2 rings (SSSR count). The van der Waals surface area contributed by atoms with Gasteiger partial charge in [0.25, 0.3) is 0 Å². The lowest BCUT2D eigenvalue weighted by molar-refractivity contribution is 0.635. The molecule has 0 radical (unpaired) electrons. The third-order valence-corrected chi connectivity index (χ3v) is 6.55. The molecule has 19 heavy (non-hydrogen) atoms. The van der Waals surface area contributed by atoms with Crippen LogP contribution in [0.15, 0.2) is 28.7 Å². The molecule has 1 nitrogen and oxygen atoms in total. The normalized spacial score (nSPS) is 12.7. The monoisotopic (exact) mass is 449 g/mol. The number of aryl methyl sites for hydroxylation is 2. The lowest BCUT2D eigenvalue weighted by Crippen LogP contribution is -2.22. The molecule has 1 heterocycles. The van der Waals surface area contributed by atoms with Crippen LogP contribution >= 0.6 is 49.9 Å². The van der Waals surface area contributed by atoms with Gasteiger partial charge in [0.1, 0.15) is 0 Å². The second-order valence-corrected chi connectivity index (χ2v) is 7.76. The van der Waals surface area contributed by atoms with E-state index in [-0.39, 0.29) is 6.04 Å². The molecule has 0 amide bonds. The number of benzene rings is 1. The van der Waals surface area contributed by atoms with Crippen molar-refractivity contribution in [3.63, 3.8) is 0 Å². The van der Waals surface area contributed by atoms with E-state index >= 15 is 0 Å². The molecule has 1 unspecified atom stereocenters. The van der Waals surface area contributed by atoms with Gasteiger partial charge in [0.2, 0.25) is 0 Å². The maximum absolute atomic E-state index is 3.70. The number of thiophene rings is 1. The zero-order chi connectivity index (χ0) is 14.0. The molecule has 2 aromatic rings. The first kappa shape index (κ1) is 15.5. The van der Waals surface area contributed by atoms with Crippen LogP contribution in [0.1, 0.15) is 33.8 Å². The van der Waals surface area contributed by atoms with E-state index in [0.717, 1.165) is 6.54 Å².